The summed E-state index contributed by atoms with van der Waals surface area (Å²) < 4.78 is 0. The molecular weight excluding hydrogens is 284 g/mol. The van der Waals surface area contributed by atoms with Crippen LogP contribution in [0.1, 0.15) is 37.6 Å². The number of nitrogens with zero attached hydrogens (tertiary/aromatic N) is 1. The van der Waals surface area contributed by atoms with Gasteiger partial charge in [-0.1, -0.05) is 25.4 Å². The van der Waals surface area contributed by atoms with E-state index < -0.39 is 10.9 Å². The summed E-state index contributed by atoms with van der Waals surface area (Å²) in [7, 11) is 0. The normalized spacial score (nSPS) is 12.2. The Balaban J connectivity index is 3.18. The molecular formula is C13H17ClN2O4. The van der Waals surface area contributed by atoms with Gasteiger partial charge in [-0.2, -0.15) is 0 Å². The molecule has 0 heterocycles. The summed E-state index contributed by atoms with van der Waals surface area (Å²) in [5.41, 5.74) is -0.313. The number of nitro groups is 1. The number of benzene rings is 1. The van der Waals surface area contributed by atoms with Crippen LogP contribution >= 0.6 is 11.6 Å². The SMILES string of the molecule is CC(C)CC(C)Nc1c(Cl)cc([N+](=O)[O-])cc1C(=O)O. The molecule has 0 aliphatic carbocycles. The number of hydrogen-bond acceptors (Lipinski definition) is 4. The van der Waals surface area contributed by atoms with E-state index in [0.717, 1.165) is 18.6 Å². The Morgan fingerprint density at radius 3 is 2.50 bits per heavy atom. The first-order valence-corrected chi connectivity index (χ1v) is 6.58. The molecule has 0 aliphatic heterocycles. The first-order valence-electron chi connectivity index (χ1n) is 6.20. The monoisotopic (exact) mass is 300 g/mol. The third-order valence-corrected chi connectivity index (χ3v) is 3.03. The highest BCUT2D eigenvalue weighted by atomic mass is 35.5. The van der Waals surface area contributed by atoms with Gasteiger partial charge in [-0.25, -0.2) is 4.79 Å². The van der Waals surface area contributed by atoms with Gasteiger partial charge in [-0.05, 0) is 19.3 Å². The topological polar surface area (TPSA) is 92.5 Å². The van der Waals surface area contributed by atoms with Gasteiger partial charge >= 0.3 is 5.97 Å². The van der Waals surface area contributed by atoms with Crippen LogP contribution in [0.4, 0.5) is 11.4 Å². The first-order chi connectivity index (χ1) is 9.22. The first kappa shape index (κ1) is 16.2. The van der Waals surface area contributed by atoms with Gasteiger partial charge in [-0.3, -0.25) is 10.1 Å². The number of hydrogen-bond donors (Lipinski definition) is 2. The van der Waals surface area contributed by atoms with Crippen LogP contribution in [0, 0.1) is 16.0 Å². The molecule has 1 atom stereocenters. The standard InChI is InChI=1S/C13H17ClN2O4/c1-7(2)4-8(3)15-12-10(13(17)18)5-9(16(19)20)6-11(12)14/h5-8,15H,4H2,1-3H3,(H,17,18). The summed E-state index contributed by atoms with van der Waals surface area (Å²) >= 11 is 5.97. The zero-order valence-corrected chi connectivity index (χ0v) is 12.3. The second-order valence-corrected chi connectivity index (χ2v) is 5.49. The summed E-state index contributed by atoms with van der Waals surface area (Å²) in [5, 5.41) is 23.0. The number of carboxylic acids is 1. The van der Waals surface area contributed by atoms with Crippen molar-refractivity contribution in [3.05, 3.63) is 32.8 Å². The summed E-state index contributed by atoms with van der Waals surface area (Å²) in [6.07, 6.45) is 0.826. The Morgan fingerprint density at radius 2 is 2.05 bits per heavy atom. The average molecular weight is 301 g/mol. The van der Waals surface area contributed by atoms with Crippen molar-refractivity contribution in [1.29, 1.82) is 0 Å². The van der Waals surface area contributed by atoms with Gasteiger partial charge in [0.2, 0.25) is 0 Å². The van der Waals surface area contributed by atoms with Gasteiger partial charge < -0.3 is 10.4 Å². The minimum absolute atomic E-state index is 0.00653. The van der Waals surface area contributed by atoms with Gasteiger partial charge in [0, 0.05) is 18.2 Å². The molecule has 1 aromatic carbocycles. The maximum absolute atomic E-state index is 11.2. The van der Waals surface area contributed by atoms with Crippen molar-refractivity contribution in [3.63, 3.8) is 0 Å². The quantitative estimate of drug-likeness (QED) is 0.616. The number of nitrogens with one attached hydrogen (secondary N) is 1. The molecule has 0 bridgehead atoms. The Hall–Kier alpha value is -1.82. The third kappa shape index (κ3) is 4.09. The van der Waals surface area contributed by atoms with Crippen molar-refractivity contribution in [1.82, 2.24) is 0 Å². The van der Waals surface area contributed by atoms with Crippen molar-refractivity contribution >= 4 is 28.9 Å². The van der Waals surface area contributed by atoms with Crippen LogP contribution in [-0.2, 0) is 0 Å². The molecule has 0 saturated heterocycles. The largest absolute Gasteiger partial charge is 0.478 e. The molecule has 7 heteroatoms. The number of rotatable bonds is 6. The van der Waals surface area contributed by atoms with Crippen LogP contribution in [0.3, 0.4) is 0 Å². The van der Waals surface area contributed by atoms with Crippen LogP contribution < -0.4 is 5.32 Å². The van der Waals surface area contributed by atoms with Crippen LogP contribution in [0.25, 0.3) is 0 Å². The van der Waals surface area contributed by atoms with Crippen LogP contribution in [0.15, 0.2) is 12.1 Å². The Labute approximate surface area is 121 Å². The number of anilines is 1. The Bertz CT molecular complexity index is 531. The predicted octanol–water partition coefficient (Wildman–Crippen LogP) is 3.79. The lowest BCUT2D eigenvalue weighted by Gasteiger charge is -2.19. The lowest BCUT2D eigenvalue weighted by Crippen LogP contribution is -2.19. The van der Waals surface area contributed by atoms with Crippen LogP contribution in [0.2, 0.25) is 5.02 Å². The molecule has 1 aromatic rings. The fourth-order valence-electron chi connectivity index (χ4n) is 2.03. The van der Waals surface area contributed by atoms with E-state index in [4.69, 9.17) is 16.7 Å². The highest BCUT2D eigenvalue weighted by Gasteiger charge is 2.21. The summed E-state index contributed by atoms with van der Waals surface area (Å²) in [6, 6.07) is 2.17. The number of aromatic carboxylic acids is 1. The molecule has 0 aromatic heterocycles. The van der Waals surface area contributed by atoms with E-state index in [-0.39, 0.29) is 28.0 Å². The summed E-state index contributed by atoms with van der Waals surface area (Å²) in [6.45, 7) is 6.00. The van der Waals surface area contributed by atoms with E-state index in [1.165, 1.54) is 0 Å². The maximum atomic E-state index is 11.2. The number of carbonyl (C=O) groups is 1. The van der Waals surface area contributed by atoms with E-state index in [1.807, 2.05) is 20.8 Å². The molecule has 1 rings (SSSR count). The van der Waals surface area contributed by atoms with E-state index >= 15 is 0 Å². The average Bonchev–Trinajstić information content (AvgIpc) is 2.29. The van der Waals surface area contributed by atoms with E-state index in [0.29, 0.717) is 5.92 Å². The zero-order valence-electron chi connectivity index (χ0n) is 11.5. The molecule has 0 aliphatic rings. The highest BCUT2D eigenvalue weighted by Crippen LogP contribution is 2.32. The van der Waals surface area contributed by atoms with Crippen molar-refractivity contribution in [3.8, 4) is 0 Å². The maximum Gasteiger partial charge on any atom is 0.338 e. The number of carboxylic acid groups (broad SMARTS) is 1. The third-order valence-electron chi connectivity index (χ3n) is 2.73. The van der Waals surface area contributed by atoms with Crippen LogP contribution in [-0.4, -0.2) is 22.0 Å². The van der Waals surface area contributed by atoms with E-state index in [1.54, 1.807) is 0 Å². The van der Waals surface area contributed by atoms with Crippen molar-refractivity contribution in [2.45, 2.75) is 33.2 Å². The number of non-ortho nitro benzene ring substituents is 1. The van der Waals surface area contributed by atoms with Gasteiger partial charge in [0.1, 0.15) is 0 Å². The van der Waals surface area contributed by atoms with Gasteiger partial charge in [0.15, 0.2) is 0 Å². The van der Waals surface area contributed by atoms with Crippen molar-refractivity contribution < 1.29 is 14.8 Å². The smallest absolute Gasteiger partial charge is 0.338 e. The Morgan fingerprint density at radius 1 is 1.45 bits per heavy atom. The molecule has 1 unspecified atom stereocenters. The lowest BCUT2D eigenvalue weighted by molar-refractivity contribution is -0.384. The molecule has 6 nitrogen and oxygen atoms in total. The summed E-state index contributed by atoms with van der Waals surface area (Å²) in [4.78, 5) is 21.3. The number of nitro benzene ring substituents is 1. The molecule has 110 valence electrons. The minimum Gasteiger partial charge on any atom is -0.478 e. The minimum atomic E-state index is -1.25. The lowest BCUT2D eigenvalue weighted by atomic mass is 10.0. The molecule has 0 fully saturated rings. The van der Waals surface area contributed by atoms with E-state index in [2.05, 4.69) is 5.32 Å². The predicted molar refractivity (Wildman–Crippen MR) is 77.6 cm³/mol. The fraction of sp³-hybridized carbons (Fsp3) is 0.462. The van der Waals surface area contributed by atoms with Gasteiger partial charge in [0.05, 0.1) is 21.2 Å². The second-order valence-electron chi connectivity index (χ2n) is 5.09. The van der Waals surface area contributed by atoms with Gasteiger partial charge in [-0.15, -0.1) is 0 Å². The van der Waals surface area contributed by atoms with Gasteiger partial charge in [0.25, 0.3) is 5.69 Å². The number of halogens is 1. The zero-order chi connectivity index (χ0) is 15.4. The molecule has 20 heavy (non-hydrogen) atoms. The molecule has 0 amide bonds. The highest BCUT2D eigenvalue weighted by molar-refractivity contribution is 6.34. The molecule has 0 saturated carbocycles. The Kier molecular flexibility index (Phi) is 5.33. The molecule has 2 N–H and O–H groups in total. The fourth-order valence-corrected chi connectivity index (χ4v) is 2.29. The molecule has 0 spiro atoms. The van der Waals surface area contributed by atoms with Crippen molar-refractivity contribution in [2.75, 3.05) is 5.32 Å². The molecule has 0 radical (unpaired) electrons. The summed E-state index contributed by atoms with van der Waals surface area (Å²) in [5.74, 6) is -0.822. The van der Waals surface area contributed by atoms with E-state index in [9.17, 15) is 14.9 Å². The second kappa shape index (κ2) is 6.56. The van der Waals surface area contributed by atoms with Crippen molar-refractivity contribution in [2.24, 2.45) is 5.92 Å². The van der Waals surface area contributed by atoms with Crippen LogP contribution in [0.5, 0.6) is 0 Å².